The maximum absolute atomic E-state index is 13.5. The van der Waals surface area contributed by atoms with E-state index >= 15 is 0 Å². The van der Waals surface area contributed by atoms with E-state index < -0.39 is 0 Å². The van der Waals surface area contributed by atoms with Crippen LogP contribution in [0, 0.1) is 20.8 Å². The number of imide groups is 1. The van der Waals surface area contributed by atoms with Crippen molar-refractivity contribution in [2.24, 2.45) is 0 Å². The maximum atomic E-state index is 13.5. The van der Waals surface area contributed by atoms with Gasteiger partial charge >= 0.3 is 0 Å². The van der Waals surface area contributed by atoms with Gasteiger partial charge in [-0.3, -0.25) is 14.5 Å². The molecule has 1 aliphatic heterocycles. The Kier molecular flexibility index (Phi) is 5.66. The van der Waals surface area contributed by atoms with Crippen LogP contribution in [0.1, 0.15) is 27.8 Å². The molecule has 1 heterocycles. The van der Waals surface area contributed by atoms with Gasteiger partial charge in [0, 0.05) is 10.7 Å². The summed E-state index contributed by atoms with van der Waals surface area (Å²) < 4.78 is 0. The largest absolute Gasteiger partial charge is 0.350 e. The monoisotopic (exact) mass is 430 g/mol. The van der Waals surface area contributed by atoms with Gasteiger partial charge in [-0.25, -0.2) is 0 Å². The maximum Gasteiger partial charge on any atom is 0.278 e. The van der Waals surface area contributed by atoms with Gasteiger partial charge in [0.1, 0.15) is 5.70 Å². The lowest BCUT2D eigenvalue weighted by molar-refractivity contribution is -0.137. The molecule has 0 bridgehead atoms. The van der Waals surface area contributed by atoms with Gasteiger partial charge in [0.05, 0.1) is 12.1 Å². The Labute approximate surface area is 187 Å². The summed E-state index contributed by atoms with van der Waals surface area (Å²) in [6.45, 7) is 6.09. The van der Waals surface area contributed by atoms with Gasteiger partial charge in [0.25, 0.3) is 11.8 Å². The Balaban J connectivity index is 1.80. The minimum Gasteiger partial charge on any atom is -0.350 e. The summed E-state index contributed by atoms with van der Waals surface area (Å²) in [7, 11) is 0. The molecular weight excluding hydrogens is 408 g/mol. The molecule has 31 heavy (non-hydrogen) atoms. The van der Waals surface area contributed by atoms with Crippen LogP contribution in [0.15, 0.2) is 72.4 Å². The fraction of sp³-hybridized carbons (Fsp3) is 0.154. The van der Waals surface area contributed by atoms with Gasteiger partial charge in [-0.05, 0) is 61.2 Å². The van der Waals surface area contributed by atoms with Crippen LogP contribution in [0.2, 0.25) is 5.02 Å². The van der Waals surface area contributed by atoms with Gasteiger partial charge in [-0.15, -0.1) is 0 Å². The van der Waals surface area contributed by atoms with Gasteiger partial charge in [-0.1, -0.05) is 65.7 Å². The van der Waals surface area contributed by atoms with Crippen LogP contribution in [0.5, 0.6) is 0 Å². The predicted molar refractivity (Wildman–Crippen MR) is 125 cm³/mol. The summed E-state index contributed by atoms with van der Waals surface area (Å²) in [4.78, 5) is 28.2. The molecule has 0 atom stereocenters. The molecule has 5 heteroatoms. The number of rotatable bonds is 5. The summed E-state index contributed by atoms with van der Waals surface area (Å²) in [5.41, 5.74) is 6.02. The summed E-state index contributed by atoms with van der Waals surface area (Å²) in [6, 6.07) is 20.8. The minimum atomic E-state index is -0.335. The van der Waals surface area contributed by atoms with Crippen LogP contribution in [0.4, 0.5) is 5.69 Å². The molecule has 0 radical (unpaired) electrons. The molecule has 0 spiro atoms. The van der Waals surface area contributed by atoms with Crippen LogP contribution >= 0.6 is 11.6 Å². The molecule has 156 valence electrons. The molecule has 3 aromatic rings. The van der Waals surface area contributed by atoms with E-state index in [0.717, 1.165) is 33.5 Å². The molecule has 4 rings (SSSR count). The van der Waals surface area contributed by atoms with Crippen molar-refractivity contribution in [1.29, 1.82) is 0 Å². The second-order valence-electron chi connectivity index (χ2n) is 7.83. The highest BCUT2D eigenvalue weighted by Crippen LogP contribution is 2.34. The van der Waals surface area contributed by atoms with Crippen molar-refractivity contribution in [3.05, 3.63) is 105 Å². The van der Waals surface area contributed by atoms with E-state index in [1.54, 1.807) is 6.07 Å². The lowest BCUT2D eigenvalue weighted by Gasteiger charge is -2.16. The van der Waals surface area contributed by atoms with Gasteiger partial charge < -0.3 is 5.32 Å². The Morgan fingerprint density at radius 3 is 2.26 bits per heavy atom. The zero-order chi connectivity index (χ0) is 22.1. The lowest BCUT2D eigenvalue weighted by atomic mass is 9.97. The number of nitrogens with zero attached hydrogens (tertiary/aromatic N) is 1. The van der Waals surface area contributed by atoms with E-state index in [1.807, 2.05) is 81.4 Å². The van der Waals surface area contributed by atoms with E-state index in [1.165, 1.54) is 4.90 Å². The summed E-state index contributed by atoms with van der Waals surface area (Å²) in [5, 5.41) is 3.85. The van der Waals surface area contributed by atoms with Crippen molar-refractivity contribution in [2.45, 2.75) is 27.3 Å². The van der Waals surface area contributed by atoms with Crippen molar-refractivity contribution in [3.63, 3.8) is 0 Å². The van der Waals surface area contributed by atoms with Gasteiger partial charge in [0.15, 0.2) is 0 Å². The van der Waals surface area contributed by atoms with E-state index in [0.29, 0.717) is 16.3 Å². The highest BCUT2D eigenvalue weighted by molar-refractivity contribution is 6.36. The molecule has 0 aliphatic carbocycles. The average Bonchev–Trinajstić information content (AvgIpc) is 2.95. The molecular formula is C26H23ClN2O2. The standard InChI is InChI=1S/C26H23ClN2O2/c1-16-9-11-21(17(2)13-16)23-24(28-22-12-10-20(27)14-18(22)3)26(31)29(25(23)30)15-19-7-5-4-6-8-19/h4-14,28H,15H2,1-3H3. The normalized spacial score (nSPS) is 13.9. The van der Waals surface area contributed by atoms with Crippen molar-refractivity contribution in [2.75, 3.05) is 5.32 Å². The van der Waals surface area contributed by atoms with E-state index in [9.17, 15) is 9.59 Å². The van der Waals surface area contributed by atoms with Gasteiger partial charge in [0.2, 0.25) is 0 Å². The van der Waals surface area contributed by atoms with Crippen LogP contribution in [-0.2, 0) is 16.1 Å². The summed E-state index contributed by atoms with van der Waals surface area (Å²) in [5.74, 6) is -0.631. The fourth-order valence-corrected chi connectivity index (χ4v) is 4.07. The Hall–Kier alpha value is -3.37. The number of halogens is 1. The molecule has 1 aliphatic rings. The number of aryl methyl sites for hydroxylation is 3. The fourth-order valence-electron chi connectivity index (χ4n) is 3.85. The number of carbonyl (C=O) groups is 2. The smallest absolute Gasteiger partial charge is 0.278 e. The van der Waals surface area contributed by atoms with Crippen molar-refractivity contribution < 1.29 is 9.59 Å². The zero-order valence-corrected chi connectivity index (χ0v) is 18.5. The number of carbonyl (C=O) groups excluding carboxylic acids is 2. The SMILES string of the molecule is Cc1ccc(C2=C(Nc3ccc(Cl)cc3C)C(=O)N(Cc3ccccc3)C2=O)c(C)c1. The van der Waals surface area contributed by atoms with E-state index in [2.05, 4.69) is 5.32 Å². The summed E-state index contributed by atoms with van der Waals surface area (Å²) in [6.07, 6.45) is 0. The first-order chi connectivity index (χ1) is 14.8. The highest BCUT2D eigenvalue weighted by atomic mass is 35.5. The molecule has 0 fully saturated rings. The Morgan fingerprint density at radius 2 is 1.58 bits per heavy atom. The van der Waals surface area contributed by atoms with Crippen LogP contribution in [-0.4, -0.2) is 16.7 Å². The number of anilines is 1. The number of amides is 2. The first kappa shape index (κ1) is 20.9. The number of benzene rings is 3. The lowest BCUT2D eigenvalue weighted by Crippen LogP contribution is -2.32. The summed E-state index contributed by atoms with van der Waals surface area (Å²) >= 11 is 6.09. The quantitative estimate of drug-likeness (QED) is 0.531. The van der Waals surface area contributed by atoms with E-state index in [4.69, 9.17) is 11.6 Å². The van der Waals surface area contributed by atoms with Crippen LogP contribution in [0.3, 0.4) is 0 Å². The van der Waals surface area contributed by atoms with Crippen LogP contribution in [0.25, 0.3) is 5.57 Å². The van der Waals surface area contributed by atoms with Crippen molar-refractivity contribution >= 4 is 34.7 Å². The molecule has 1 N–H and O–H groups in total. The second kappa shape index (κ2) is 8.40. The third kappa shape index (κ3) is 4.12. The van der Waals surface area contributed by atoms with Crippen LogP contribution < -0.4 is 5.32 Å². The number of hydrogen-bond acceptors (Lipinski definition) is 3. The van der Waals surface area contributed by atoms with Crippen molar-refractivity contribution in [3.8, 4) is 0 Å². The topological polar surface area (TPSA) is 49.4 Å². The zero-order valence-electron chi connectivity index (χ0n) is 17.7. The van der Waals surface area contributed by atoms with Gasteiger partial charge in [-0.2, -0.15) is 0 Å². The third-order valence-electron chi connectivity index (χ3n) is 5.45. The predicted octanol–water partition coefficient (Wildman–Crippen LogP) is 5.66. The minimum absolute atomic E-state index is 0.220. The molecule has 0 aromatic heterocycles. The molecule has 0 saturated carbocycles. The molecule has 2 amide bonds. The first-order valence-electron chi connectivity index (χ1n) is 10.1. The van der Waals surface area contributed by atoms with E-state index in [-0.39, 0.29) is 18.4 Å². The Bertz CT molecular complexity index is 1220. The average molecular weight is 431 g/mol. The second-order valence-corrected chi connectivity index (χ2v) is 8.27. The molecule has 3 aromatic carbocycles. The molecule has 0 unspecified atom stereocenters. The number of hydrogen-bond donors (Lipinski definition) is 1. The van der Waals surface area contributed by atoms with Crippen molar-refractivity contribution in [1.82, 2.24) is 4.90 Å². The highest BCUT2D eigenvalue weighted by Gasteiger charge is 2.39. The molecule has 0 saturated heterocycles. The Morgan fingerprint density at radius 1 is 0.839 bits per heavy atom. The number of nitrogens with one attached hydrogen (secondary N) is 1. The molecule has 4 nitrogen and oxygen atoms in total. The first-order valence-corrected chi connectivity index (χ1v) is 10.5. The third-order valence-corrected chi connectivity index (χ3v) is 5.69.